The van der Waals surface area contributed by atoms with Crippen molar-refractivity contribution in [3.05, 3.63) is 24.3 Å². The molecule has 1 aromatic carbocycles. The molecule has 2 rings (SSSR count). The summed E-state index contributed by atoms with van der Waals surface area (Å²) >= 11 is 0. The van der Waals surface area contributed by atoms with E-state index in [2.05, 4.69) is 29.1 Å². The van der Waals surface area contributed by atoms with Gasteiger partial charge in [0.1, 0.15) is 0 Å². The third-order valence-corrected chi connectivity index (χ3v) is 2.80. The van der Waals surface area contributed by atoms with Crippen LogP contribution in [0.4, 0.5) is 5.95 Å². The molecule has 0 bridgehead atoms. The number of anilines is 1. The number of fused-ring (bicyclic) bond motifs is 1. The largest absolute Gasteiger partial charge is 0.474 e. The van der Waals surface area contributed by atoms with E-state index >= 15 is 0 Å². The van der Waals surface area contributed by atoms with Gasteiger partial charge in [-0.1, -0.05) is 25.5 Å². The van der Waals surface area contributed by atoms with Crippen molar-refractivity contribution in [2.45, 2.75) is 32.8 Å². The first kappa shape index (κ1) is 12.6. The zero-order valence-corrected chi connectivity index (χ0v) is 11.1. The fraction of sp³-hybridized carbons (Fsp3) is 0.429. The summed E-state index contributed by atoms with van der Waals surface area (Å²) in [7, 11) is 1.81. The average Bonchev–Trinajstić information content (AvgIpc) is 2.38. The van der Waals surface area contributed by atoms with Gasteiger partial charge in [0.25, 0.3) is 0 Å². The summed E-state index contributed by atoms with van der Waals surface area (Å²) in [5, 5.41) is 3.92. The predicted molar refractivity (Wildman–Crippen MR) is 74.1 cm³/mol. The molecule has 0 radical (unpaired) electrons. The van der Waals surface area contributed by atoms with Crippen LogP contribution in [0.15, 0.2) is 24.3 Å². The van der Waals surface area contributed by atoms with Gasteiger partial charge in [-0.05, 0) is 25.5 Å². The minimum Gasteiger partial charge on any atom is -0.474 e. The highest BCUT2D eigenvalue weighted by molar-refractivity contribution is 5.84. The normalized spacial score (nSPS) is 12.4. The summed E-state index contributed by atoms with van der Waals surface area (Å²) in [6, 6.07) is 7.90. The molecule has 1 N–H and O–H groups in total. The summed E-state index contributed by atoms with van der Waals surface area (Å²) in [5.41, 5.74) is 0.899. The van der Waals surface area contributed by atoms with Gasteiger partial charge < -0.3 is 10.1 Å². The molecule has 0 fully saturated rings. The molecular formula is C14H19N3O. The standard InChI is InChI=1S/C14H19N3O/c1-4-7-10(2)18-13-11-8-5-6-9-12(11)16-14(15-3)17-13/h5-6,8-10H,4,7H2,1-3H3,(H,15,16,17). The molecule has 1 aromatic heterocycles. The minimum atomic E-state index is 0.165. The molecular weight excluding hydrogens is 226 g/mol. The van der Waals surface area contributed by atoms with E-state index in [9.17, 15) is 0 Å². The topological polar surface area (TPSA) is 47.0 Å². The van der Waals surface area contributed by atoms with E-state index in [1.807, 2.05) is 31.3 Å². The zero-order chi connectivity index (χ0) is 13.0. The van der Waals surface area contributed by atoms with E-state index in [0.29, 0.717) is 11.8 Å². The Morgan fingerprint density at radius 3 is 2.78 bits per heavy atom. The summed E-state index contributed by atoms with van der Waals surface area (Å²) < 4.78 is 5.92. The van der Waals surface area contributed by atoms with Crippen molar-refractivity contribution in [3.8, 4) is 5.88 Å². The second kappa shape index (κ2) is 5.67. The van der Waals surface area contributed by atoms with E-state index in [0.717, 1.165) is 23.7 Å². The number of rotatable bonds is 5. The second-order valence-corrected chi connectivity index (χ2v) is 4.34. The van der Waals surface area contributed by atoms with E-state index in [4.69, 9.17) is 4.74 Å². The van der Waals surface area contributed by atoms with Crippen molar-refractivity contribution < 1.29 is 4.74 Å². The first-order chi connectivity index (χ1) is 8.74. The molecule has 0 aliphatic rings. The van der Waals surface area contributed by atoms with Crippen molar-refractivity contribution in [1.82, 2.24) is 9.97 Å². The van der Waals surface area contributed by atoms with Crippen LogP contribution >= 0.6 is 0 Å². The zero-order valence-electron chi connectivity index (χ0n) is 11.1. The average molecular weight is 245 g/mol. The van der Waals surface area contributed by atoms with Gasteiger partial charge in [-0.15, -0.1) is 0 Å². The Kier molecular flexibility index (Phi) is 3.97. The third-order valence-electron chi connectivity index (χ3n) is 2.80. The Morgan fingerprint density at radius 1 is 1.28 bits per heavy atom. The van der Waals surface area contributed by atoms with Gasteiger partial charge >= 0.3 is 0 Å². The van der Waals surface area contributed by atoms with E-state index in [-0.39, 0.29) is 6.10 Å². The molecule has 18 heavy (non-hydrogen) atoms. The molecule has 0 aliphatic carbocycles. The Morgan fingerprint density at radius 2 is 2.06 bits per heavy atom. The van der Waals surface area contributed by atoms with Gasteiger partial charge in [0.2, 0.25) is 11.8 Å². The highest BCUT2D eigenvalue weighted by Gasteiger charge is 2.10. The van der Waals surface area contributed by atoms with E-state index < -0.39 is 0 Å². The first-order valence-electron chi connectivity index (χ1n) is 6.35. The van der Waals surface area contributed by atoms with Gasteiger partial charge in [0.05, 0.1) is 17.0 Å². The number of aromatic nitrogens is 2. The number of para-hydroxylation sites is 1. The van der Waals surface area contributed by atoms with Crippen LogP contribution in [-0.4, -0.2) is 23.1 Å². The van der Waals surface area contributed by atoms with Gasteiger partial charge in [0.15, 0.2) is 0 Å². The van der Waals surface area contributed by atoms with Crippen molar-refractivity contribution in [2.24, 2.45) is 0 Å². The molecule has 1 heterocycles. The van der Waals surface area contributed by atoms with Gasteiger partial charge in [0, 0.05) is 7.05 Å². The highest BCUT2D eigenvalue weighted by atomic mass is 16.5. The van der Waals surface area contributed by atoms with Crippen molar-refractivity contribution >= 4 is 16.9 Å². The van der Waals surface area contributed by atoms with Crippen LogP contribution < -0.4 is 10.1 Å². The monoisotopic (exact) mass is 245 g/mol. The Bertz CT molecular complexity index is 527. The number of nitrogens with zero attached hydrogens (tertiary/aromatic N) is 2. The maximum absolute atomic E-state index is 5.92. The van der Waals surface area contributed by atoms with Gasteiger partial charge in [-0.2, -0.15) is 4.98 Å². The van der Waals surface area contributed by atoms with Crippen molar-refractivity contribution in [1.29, 1.82) is 0 Å². The van der Waals surface area contributed by atoms with Crippen LogP contribution in [0, 0.1) is 0 Å². The lowest BCUT2D eigenvalue weighted by Crippen LogP contribution is -2.13. The minimum absolute atomic E-state index is 0.165. The number of hydrogen-bond acceptors (Lipinski definition) is 4. The lowest BCUT2D eigenvalue weighted by atomic mass is 10.2. The maximum Gasteiger partial charge on any atom is 0.226 e. The molecule has 0 saturated heterocycles. The van der Waals surface area contributed by atoms with Crippen molar-refractivity contribution in [2.75, 3.05) is 12.4 Å². The molecule has 4 heteroatoms. The molecule has 0 spiro atoms. The molecule has 1 unspecified atom stereocenters. The molecule has 96 valence electrons. The summed E-state index contributed by atoms with van der Waals surface area (Å²) in [5.74, 6) is 1.25. The van der Waals surface area contributed by atoms with Gasteiger partial charge in [-0.25, -0.2) is 4.98 Å². The predicted octanol–water partition coefficient (Wildman–Crippen LogP) is 3.24. The van der Waals surface area contributed by atoms with E-state index in [1.165, 1.54) is 0 Å². The summed E-state index contributed by atoms with van der Waals surface area (Å²) in [6.07, 6.45) is 2.29. The summed E-state index contributed by atoms with van der Waals surface area (Å²) in [4.78, 5) is 8.80. The summed E-state index contributed by atoms with van der Waals surface area (Å²) in [6.45, 7) is 4.22. The fourth-order valence-corrected chi connectivity index (χ4v) is 1.91. The molecule has 1 atom stereocenters. The van der Waals surface area contributed by atoms with Crippen LogP contribution in [-0.2, 0) is 0 Å². The molecule has 0 saturated carbocycles. The first-order valence-corrected chi connectivity index (χ1v) is 6.35. The number of benzene rings is 1. The second-order valence-electron chi connectivity index (χ2n) is 4.34. The van der Waals surface area contributed by atoms with Crippen LogP contribution in [0.25, 0.3) is 10.9 Å². The number of ether oxygens (including phenoxy) is 1. The van der Waals surface area contributed by atoms with Crippen LogP contribution in [0.1, 0.15) is 26.7 Å². The maximum atomic E-state index is 5.92. The number of hydrogen-bond donors (Lipinski definition) is 1. The molecule has 2 aromatic rings. The Hall–Kier alpha value is -1.84. The quantitative estimate of drug-likeness (QED) is 0.878. The van der Waals surface area contributed by atoms with Crippen LogP contribution in [0.5, 0.6) is 5.88 Å². The lowest BCUT2D eigenvalue weighted by Gasteiger charge is -2.15. The van der Waals surface area contributed by atoms with Crippen LogP contribution in [0.3, 0.4) is 0 Å². The highest BCUT2D eigenvalue weighted by Crippen LogP contribution is 2.25. The fourth-order valence-electron chi connectivity index (χ4n) is 1.91. The SMILES string of the molecule is CCCC(C)Oc1nc(NC)nc2ccccc12. The molecule has 0 aliphatic heterocycles. The van der Waals surface area contributed by atoms with Crippen molar-refractivity contribution in [3.63, 3.8) is 0 Å². The Balaban J connectivity index is 2.40. The molecule has 4 nitrogen and oxygen atoms in total. The number of nitrogens with one attached hydrogen (secondary N) is 1. The van der Waals surface area contributed by atoms with Crippen LogP contribution in [0.2, 0.25) is 0 Å². The lowest BCUT2D eigenvalue weighted by molar-refractivity contribution is 0.204. The smallest absolute Gasteiger partial charge is 0.226 e. The third kappa shape index (κ3) is 2.70. The Labute approximate surface area is 107 Å². The molecule has 0 amide bonds. The van der Waals surface area contributed by atoms with E-state index in [1.54, 1.807) is 0 Å². The van der Waals surface area contributed by atoms with Gasteiger partial charge in [-0.3, -0.25) is 0 Å².